The molecule has 3 atom stereocenters. The number of aryl methyl sites for hydroxylation is 2. The van der Waals surface area contributed by atoms with Crippen molar-refractivity contribution in [3.8, 4) is 0 Å². The van der Waals surface area contributed by atoms with Crippen molar-refractivity contribution in [3.05, 3.63) is 65.7 Å². The molecule has 2 aromatic rings. The highest BCUT2D eigenvalue weighted by atomic mass is 32.2. The molecule has 2 rings (SSSR count). The molecule has 0 radical (unpaired) electrons. The second kappa shape index (κ2) is 12.6. The van der Waals surface area contributed by atoms with Crippen molar-refractivity contribution in [3.63, 3.8) is 0 Å². The number of nitrogens with one attached hydrogen (secondary N) is 1. The highest BCUT2D eigenvalue weighted by molar-refractivity contribution is 7.89. The smallest absolute Gasteiger partial charge is 0.240 e. The van der Waals surface area contributed by atoms with Gasteiger partial charge in [-0.15, -0.1) is 0 Å². The summed E-state index contributed by atoms with van der Waals surface area (Å²) in [6.07, 6.45) is -0.944. The fraction of sp³-hybridized carbons (Fsp3) is 0.567. The van der Waals surface area contributed by atoms with Crippen LogP contribution in [-0.2, 0) is 25.7 Å². The summed E-state index contributed by atoms with van der Waals surface area (Å²) < 4.78 is 36.6. The van der Waals surface area contributed by atoms with Gasteiger partial charge in [0.15, 0.2) is 8.32 Å². The van der Waals surface area contributed by atoms with Crippen LogP contribution in [0.3, 0.4) is 0 Å². The number of sulfonamides is 1. The molecule has 2 N–H and O–H groups in total. The van der Waals surface area contributed by atoms with Gasteiger partial charge in [0.2, 0.25) is 10.0 Å². The third kappa shape index (κ3) is 9.12. The van der Waals surface area contributed by atoms with E-state index in [0.29, 0.717) is 12.8 Å². The van der Waals surface area contributed by atoms with Crippen LogP contribution in [0.1, 0.15) is 65.5 Å². The summed E-state index contributed by atoms with van der Waals surface area (Å²) in [7, 11) is -6.38. The van der Waals surface area contributed by atoms with Gasteiger partial charge in [0.1, 0.15) is 5.78 Å². The number of carbonyl (C=O) groups is 1. The molecule has 0 fully saturated rings. The van der Waals surface area contributed by atoms with E-state index in [0.717, 1.165) is 11.1 Å². The summed E-state index contributed by atoms with van der Waals surface area (Å²) in [5, 5.41) is 11.3. The van der Waals surface area contributed by atoms with Crippen LogP contribution in [0, 0.1) is 12.3 Å². The summed E-state index contributed by atoms with van der Waals surface area (Å²) >= 11 is 0. The largest absolute Gasteiger partial charge is 0.412 e. The maximum absolute atomic E-state index is 13.5. The van der Waals surface area contributed by atoms with E-state index < -0.39 is 42.0 Å². The van der Waals surface area contributed by atoms with E-state index in [-0.39, 0.29) is 22.1 Å². The minimum Gasteiger partial charge on any atom is -0.412 e. The topological polar surface area (TPSA) is 92.7 Å². The molecule has 0 unspecified atom stereocenters. The van der Waals surface area contributed by atoms with Gasteiger partial charge in [0, 0.05) is 11.8 Å². The molecule has 0 aromatic heterocycles. The molecular formula is C30H47NO5SSi. The van der Waals surface area contributed by atoms with E-state index in [9.17, 15) is 18.3 Å². The number of Topliss-reactive ketones (excluding diaryl/α,β-unsaturated/α-hetero) is 1. The molecule has 2 aromatic carbocycles. The Morgan fingerprint density at radius 2 is 1.53 bits per heavy atom. The second-order valence-corrected chi connectivity index (χ2v) is 19.3. The second-order valence-electron chi connectivity index (χ2n) is 12.8. The standard InChI is InChI=1S/C30H47NO5SSi/c1-22-15-18-24(19-16-22)37(34,35)31-28(25(32)21-27(33)29(2,3)4)26(36-38(8,9)30(5,6)7)20-17-23-13-11-10-12-14-23/h10-16,18-19,25-26,28,31-32H,17,20-21H2,1-9H3/t25-,26+,28-/m1/s1. The van der Waals surface area contributed by atoms with Crippen molar-refractivity contribution in [2.45, 2.75) is 109 Å². The van der Waals surface area contributed by atoms with Crippen LogP contribution >= 0.6 is 0 Å². The molecule has 0 spiro atoms. The molecular weight excluding hydrogens is 514 g/mol. The molecule has 0 aliphatic heterocycles. The Hall–Kier alpha value is -1.84. The van der Waals surface area contributed by atoms with Crippen LogP contribution in [0.25, 0.3) is 0 Å². The number of hydrogen-bond acceptors (Lipinski definition) is 5. The number of carbonyl (C=O) groups excluding carboxylic acids is 1. The lowest BCUT2D eigenvalue weighted by Gasteiger charge is -2.42. The molecule has 0 amide bonds. The van der Waals surface area contributed by atoms with E-state index in [4.69, 9.17) is 4.43 Å². The van der Waals surface area contributed by atoms with Crippen LogP contribution in [0.4, 0.5) is 0 Å². The zero-order valence-electron chi connectivity index (χ0n) is 24.5. The zero-order chi connectivity index (χ0) is 28.9. The number of benzene rings is 2. The summed E-state index contributed by atoms with van der Waals surface area (Å²) in [5.74, 6) is -0.140. The number of rotatable bonds is 12. The minimum absolute atomic E-state index is 0.108. The average molecular weight is 562 g/mol. The summed E-state index contributed by atoms with van der Waals surface area (Å²) in [5.41, 5.74) is 1.37. The Labute approximate surface area is 231 Å². The van der Waals surface area contributed by atoms with E-state index in [1.807, 2.05) is 37.3 Å². The molecule has 6 nitrogen and oxygen atoms in total. The highest BCUT2D eigenvalue weighted by Gasteiger charge is 2.43. The SMILES string of the molecule is Cc1ccc(S(=O)(=O)N[C@H]([C@H](O)CC(=O)C(C)(C)C)[C@H](CCc2ccccc2)O[Si](C)(C)C(C)(C)C)cc1. The maximum atomic E-state index is 13.5. The first-order valence-corrected chi connectivity index (χ1v) is 17.7. The number of ketones is 1. The van der Waals surface area contributed by atoms with Crippen LogP contribution in [0.15, 0.2) is 59.5 Å². The molecule has 0 heterocycles. The first-order valence-electron chi connectivity index (χ1n) is 13.4. The van der Waals surface area contributed by atoms with Crippen molar-refractivity contribution in [2.75, 3.05) is 0 Å². The predicted octanol–water partition coefficient (Wildman–Crippen LogP) is 6.03. The van der Waals surface area contributed by atoms with Crippen LogP contribution in [0.5, 0.6) is 0 Å². The lowest BCUT2D eigenvalue weighted by molar-refractivity contribution is -0.129. The Balaban J connectivity index is 2.53. The van der Waals surface area contributed by atoms with Gasteiger partial charge >= 0.3 is 0 Å². The van der Waals surface area contributed by atoms with Crippen LogP contribution in [0.2, 0.25) is 18.1 Å². The van der Waals surface area contributed by atoms with Gasteiger partial charge in [-0.3, -0.25) is 4.79 Å². The fourth-order valence-corrected chi connectivity index (χ4v) is 6.48. The fourth-order valence-electron chi connectivity index (χ4n) is 3.81. The van der Waals surface area contributed by atoms with Crippen molar-refractivity contribution < 1.29 is 22.7 Å². The Morgan fingerprint density at radius 3 is 2.03 bits per heavy atom. The monoisotopic (exact) mass is 561 g/mol. The molecule has 8 heteroatoms. The van der Waals surface area contributed by atoms with E-state index >= 15 is 0 Å². The lowest BCUT2D eigenvalue weighted by atomic mass is 9.85. The average Bonchev–Trinajstić information content (AvgIpc) is 2.79. The van der Waals surface area contributed by atoms with Gasteiger partial charge < -0.3 is 9.53 Å². The van der Waals surface area contributed by atoms with Gasteiger partial charge in [-0.25, -0.2) is 13.1 Å². The van der Waals surface area contributed by atoms with Gasteiger partial charge in [0.25, 0.3) is 0 Å². The first kappa shape index (κ1) is 32.4. The van der Waals surface area contributed by atoms with Crippen LogP contribution < -0.4 is 4.72 Å². The quantitative estimate of drug-likeness (QED) is 0.309. The zero-order valence-corrected chi connectivity index (χ0v) is 26.4. The first-order chi connectivity index (χ1) is 17.3. The number of aliphatic hydroxyl groups excluding tert-OH is 1. The molecule has 0 aliphatic rings. The Kier molecular flexibility index (Phi) is 10.7. The van der Waals surface area contributed by atoms with Gasteiger partial charge in [0.05, 0.1) is 23.1 Å². The van der Waals surface area contributed by atoms with E-state index in [2.05, 4.69) is 38.6 Å². The van der Waals surface area contributed by atoms with Gasteiger partial charge in [-0.2, -0.15) is 0 Å². The normalized spacial score (nSPS) is 15.6. The lowest BCUT2D eigenvalue weighted by Crippen LogP contribution is -2.56. The molecule has 0 bridgehead atoms. The number of hydrogen-bond donors (Lipinski definition) is 2. The van der Waals surface area contributed by atoms with Gasteiger partial charge in [-0.05, 0) is 55.6 Å². The van der Waals surface area contributed by atoms with Crippen molar-refractivity contribution >= 4 is 24.1 Å². The van der Waals surface area contributed by atoms with Crippen LogP contribution in [-0.4, -0.2) is 45.9 Å². The molecule has 0 aliphatic carbocycles. The number of aliphatic hydroxyl groups is 1. The third-order valence-electron chi connectivity index (χ3n) is 7.48. The molecule has 212 valence electrons. The summed E-state index contributed by atoms with van der Waals surface area (Å²) in [4.78, 5) is 13.0. The van der Waals surface area contributed by atoms with Gasteiger partial charge in [-0.1, -0.05) is 89.6 Å². The Morgan fingerprint density at radius 1 is 0.974 bits per heavy atom. The van der Waals surface area contributed by atoms with E-state index in [1.165, 1.54) is 0 Å². The minimum atomic E-state index is -4.00. The summed E-state index contributed by atoms with van der Waals surface area (Å²) in [6, 6.07) is 15.5. The maximum Gasteiger partial charge on any atom is 0.240 e. The molecule has 0 saturated heterocycles. The summed E-state index contributed by atoms with van der Waals surface area (Å²) in [6.45, 7) is 17.9. The predicted molar refractivity (Wildman–Crippen MR) is 157 cm³/mol. The Bertz CT molecular complexity index is 1150. The van der Waals surface area contributed by atoms with Crippen molar-refractivity contribution in [1.29, 1.82) is 0 Å². The van der Waals surface area contributed by atoms with Crippen molar-refractivity contribution in [2.24, 2.45) is 5.41 Å². The molecule has 0 saturated carbocycles. The van der Waals surface area contributed by atoms with Crippen molar-refractivity contribution in [1.82, 2.24) is 4.72 Å². The van der Waals surface area contributed by atoms with E-state index in [1.54, 1.807) is 45.0 Å². The third-order valence-corrected chi connectivity index (χ3v) is 13.5. The molecule has 38 heavy (non-hydrogen) atoms. The highest BCUT2D eigenvalue weighted by Crippen LogP contribution is 2.38.